The number of aromatic nitrogens is 5. The summed E-state index contributed by atoms with van der Waals surface area (Å²) in [7, 11) is 0. The van der Waals surface area contributed by atoms with E-state index in [2.05, 4.69) is 25.4 Å². The highest BCUT2D eigenvalue weighted by atomic mass is 35.5. The minimum atomic E-state index is -0.680. The molecule has 136 valence electrons. The highest BCUT2D eigenvalue weighted by Gasteiger charge is 2.23. The molecule has 0 atom stereocenters. The molecule has 0 spiro atoms. The molecule has 1 N–H and O–H groups in total. The Morgan fingerprint density at radius 2 is 2.04 bits per heavy atom. The molecule has 0 fully saturated rings. The summed E-state index contributed by atoms with van der Waals surface area (Å²) in [5.74, 6) is -0.000270. The molecular formula is C14H6Cl3N7O2S. The summed E-state index contributed by atoms with van der Waals surface area (Å²) in [6.45, 7) is 0. The molecule has 1 aromatic carbocycles. The van der Waals surface area contributed by atoms with Crippen molar-refractivity contribution in [1.82, 2.24) is 24.6 Å². The van der Waals surface area contributed by atoms with Crippen molar-refractivity contribution < 1.29 is 4.92 Å². The summed E-state index contributed by atoms with van der Waals surface area (Å²) < 4.78 is 1.55. The molecule has 0 amide bonds. The van der Waals surface area contributed by atoms with Gasteiger partial charge in [0, 0.05) is 16.0 Å². The fraction of sp³-hybridized carbons (Fsp3) is 0. The fourth-order valence-corrected chi connectivity index (χ4v) is 3.74. The molecule has 27 heavy (non-hydrogen) atoms. The van der Waals surface area contributed by atoms with Gasteiger partial charge in [0.05, 0.1) is 15.6 Å². The van der Waals surface area contributed by atoms with Gasteiger partial charge in [-0.25, -0.2) is 14.5 Å². The molecule has 9 nitrogen and oxygen atoms in total. The summed E-state index contributed by atoms with van der Waals surface area (Å²) in [6.07, 6.45) is 1.10. The number of nitrogens with one attached hydrogen (secondary N) is 1. The number of anilines is 2. The van der Waals surface area contributed by atoms with Crippen molar-refractivity contribution in [3.63, 3.8) is 0 Å². The third-order valence-corrected chi connectivity index (χ3v) is 5.13. The summed E-state index contributed by atoms with van der Waals surface area (Å²) in [5.41, 5.74) is 0.900. The van der Waals surface area contributed by atoms with Crippen LogP contribution in [0, 0.1) is 10.1 Å². The standard InChI is InChI=1S/C14H6Cl3N7O2S/c15-6-1-2-8(16)7(3-6)9-4-27-14-21-13(22-23(9)14)20-12-10(24(25)26)11(17)18-5-19-12/h1-5H,(H,18,19,20,22). The van der Waals surface area contributed by atoms with Crippen LogP contribution in [0.4, 0.5) is 17.5 Å². The van der Waals surface area contributed by atoms with Crippen molar-refractivity contribution in [2.45, 2.75) is 0 Å². The molecule has 0 saturated carbocycles. The first-order valence-electron chi connectivity index (χ1n) is 7.15. The van der Waals surface area contributed by atoms with E-state index in [9.17, 15) is 10.1 Å². The minimum Gasteiger partial charge on any atom is -0.301 e. The van der Waals surface area contributed by atoms with E-state index in [0.29, 0.717) is 26.3 Å². The van der Waals surface area contributed by atoms with Crippen LogP contribution in [-0.2, 0) is 0 Å². The van der Waals surface area contributed by atoms with E-state index in [1.807, 2.05) is 5.38 Å². The SMILES string of the molecule is O=[N+]([O-])c1c(Cl)ncnc1Nc1nc2scc(-c3cc(Cl)ccc3Cl)n2n1. The number of fused-ring (bicyclic) bond motifs is 1. The second-order valence-corrected chi connectivity index (χ2v) is 7.16. The largest absolute Gasteiger partial charge is 0.348 e. The lowest BCUT2D eigenvalue weighted by Gasteiger charge is -2.03. The van der Waals surface area contributed by atoms with E-state index in [-0.39, 0.29) is 16.9 Å². The van der Waals surface area contributed by atoms with Gasteiger partial charge in [0.25, 0.3) is 0 Å². The first-order valence-corrected chi connectivity index (χ1v) is 9.17. The highest BCUT2D eigenvalue weighted by molar-refractivity contribution is 7.15. The number of benzene rings is 1. The van der Waals surface area contributed by atoms with Gasteiger partial charge in [0.15, 0.2) is 0 Å². The second kappa shape index (κ2) is 6.89. The number of hydrogen-bond donors (Lipinski definition) is 1. The Labute approximate surface area is 169 Å². The Bertz CT molecular complexity index is 1190. The Morgan fingerprint density at radius 1 is 1.22 bits per heavy atom. The third-order valence-electron chi connectivity index (χ3n) is 3.48. The van der Waals surface area contributed by atoms with E-state index in [1.54, 1.807) is 22.7 Å². The Morgan fingerprint density at radius 3 is 2.81 bits per heavy atom. The lowest BCUT2D eigenvalue weighted by molar-refractivity contribution is -0.384. The van der Waals surface area contributed by atoms with Gasteiger partial charge in [-0.1, -0.05) is 34.8 Å². The van der Waals surface area contributed by atoms with Gasteiger partial charge in [-0.2, -0.15) is 4.98 Å². The maximum atomic E-state index is 11.2. The lowest BCUT2D eigenvalue weighted by Crippen LogP contribution is -2.03. The van der Waals surface area contributed by atoms with Crippen LogP contribution in [0.2, 0.25) is 15.2 Å². The normalized spacial score (nSPS) is 11.1. The van der Waals surface area contributed by atoms with E-state index >= 15 is 0 Å². The van der Waals surface area contributed by atoms with Gasteiger partial charge in [-0.05, 0) is 18.2 Å². The first-order chi connectivity index (χ1) is 12.9. The smallest absolute Gasteiger partial charge is 0.301 e. The number of thiazole rings is 1. The summed E-state index contributed by atoms with van der Waals surface area (Å²) >= 11 is 19.4. The maximum absolute atomic E-state index is 11.2. The zero-order chi connectivity index (χ0) is 19.1. The van der Waals surface area contributed by atoms with Crippen molar-refractivity contribution in [3.8, 4) is 11.3 Å². The van der Waals surface area contributed by atoms with Crippen molar-refractivity contribution in [3.05, 3.63) is 55.2 Å². The van der Waals surface area contributed by atoms with E-state index in [1.165, 1.54) is 11.3 Å². The molecule has 0 bridgehead atoms. The van der Waals surface area contributed by atoms with Crippen LogP contribution in [0.3, 0.4) is 0 Å². The molecule has 3 heterocycles. The van der Waals surface area contributed by atoms with Gasteiger partial charge in [-0.15, -0.1) is 16.4 Å². The fourth-order valence-electron chi connectivity index (χ4n) is 2.33. The number of halogens is 3. The molecule has 4 rings (SSSR count). The zero-order valence-electron chi connectivity index (χ0n) is 12.9. The van der Waals surface area contributed by atoms with Crippen molar-refractivity contribution >= 4 is 68.6 Å². The number of hydrogen-bond acceptors (Lipinski definition) is 8. The second-order valence-electron chi connectivity index (χ2n) is 5.12. The van der Waals surface area contributed by atoms with Crippen LogP contribution in [0.15, 0.2) is 29.9 Å². The molecule has 0 aliphatic rings. The third kappa shape index (κ3) is 3.28. The van der Waals surface area contributed by atoms with Crippen LogP contribution in [-0.4, -0.2) is 29.5 Å². The van der Waals surface area contributed by atoms with Gasteiger partial charge < -0.3 is 5.32 Å². The average molecular weight is 443 g/mol. The van der Waals surface area contributed by atoms with E-state index in [0.717, 1.165) is 6.33 Å². The molecule has 13 heteroatoms. The van der Waals surface area contributed by atoms with Gasteiger partial charge in [0.1, 0.15) is 6.33 Å². The van der Waals surface area contributed by atoms with Crippen LogP contribution in [0.5, 0.6) is 0 Å². The topological polar surface area (TPSA) is 111 Å². The lowest BCUT2D eigenvalue weighted by atomic mass is 10.2. The number of nitro groups is 1. The quantitative estimate of drug-likeness (QED) is 0.273. The molecule has 0 saturated heterocycles. The van der Waals surface area contributed by atoms with Crippen LogP contribution in [0.25, 0.3) is 16.2 Å². The summed E-state index contributed by atoms with van der Waals surface area (Å²) in [5, 5.41) is 20.8. The van der Waals surface area contributed by atoms with Crippen LogP contribution >= 0.6 is 46.1 Å². The molecule has 0 aliphatic carbocycles. The molecule has 3 aromatic heterocycles. The van der Waals surface area contributed by atoms with Gasteiger partial charge in [-0.3, -0.25) is 10.1 Å². The van der Waals surface area contributed by atoms with Crippen molar-refractivity contribution in [2.75, 3.05) is 5.32 Å². The molecule has 4 aromatic rings. The molecule has 0 radical (unpaired) electrons. The predicted octanol–water partition coefficient (Wildman–Crippen LogP) is 4.86. The first kappa shape index (κ1) is 17.9. The molecular weight excluding hydrogens is 437 g/mol. The highest BCUT2D eigenvalue weighted by Crippen LogP contribution is 2.34. The number of nitrogens with zero attached hydrogens (tertiary/aromatic N) is 6. The van der Waals surface area contributed by atoms with Crippen molar-refractivity contribution in [1.29, 1.82) is 0 Å². The summed E-state index contributed by atoms with van der Waals surface area (Å²) in [4.78, 5) is 22.8. The maximum Gasteiger partial charge on any atom is 0.348 e. The summed E-state index contributed by atoms with van der Waals surface area (Å²) in [6, 6.07) is 5.09. The monoisotopic (exact) mass is 441 g/mol. The van der Waals surface area contributed by atoms with E-state index < -0.39 is 10.6 Å². The average Bonchev–Trinajstić information content (AvgIpc) is 3.17. The van der Waals surface area contributed by atoms with Crippen LogP contribution in [0.1, 0.15) is 0 Å². The minimum absolute atomic E-state index is 0.110. The van der Waals surface area contributed by atoms with E-state index in [4.69, 9.17) is 34.8 Å². The number of rotatable bonds is 4. The molecule has 0 aliphatic heterocycles. The predicted molar refractivity (Wildman–Crippen MR) is 103 cm³/mol. The molecule has 0 unspecified atom stereocenters. The van der Waals surface area contributed by atoms with Crippen LogP contribution < -0.4 is 5.32 Å². The van der Waals surface area contributed by atoms with Gasteiger partial charge >= 0.3 is 5.69 Å². The Kier molecular flexibility index (Phi) is 4.56. The zero-order valence-corrected chi connectivity index (χ0v) is 16.0. The Balaban J connectivity index is 1.77. The van der Waals surface area contributed by atoms with Gasteiger partial charge in [0.2, 0.25) is 21.9 Å². The Hall–Kier alpha value is -2.53. The van der Waals surface area contributed by atoms with Crippen molar-refractivity contribution in [2.24, 2.45) is 0 Å².